The van der Waals surface area contributed by atoms with Gasteiger partial charge < -0.3 is 4.74 Å². The molecule has 1 unspecified atom stereocenters. The maximum atomic E-state index is 10.8. The van der Waals surface area contributed by atoms with Gasteiger partial charge in [-0.1, -0.05) is 0 Å². The molecule has 1 rings (SSSR count). The highest BCUT2D eigenvalue weighted by Crippen LogP contribution is 2.27. The van der Waals surface area contributed by atoms with Gasteiger partial charge in [-0.3, -0.25) is 0 Å². The first-order valence-electron chi connectivity index (χ1n) is 3.35. The summed E-state index contributed by atoms with van der Waals surface area (Å²) < 4.78 is 15.9. The molecule has 1 aliphatic carbocycles. The lowest BCUT2D eigenvalue weighted by Gasteiger charge is -2.12. The van der Waals surface area contributed by atoms with Crippen molar-refractivity contribution in [3.05, 3.63) is 0 Å². The Morgan fingerprint density at radius 2 is 2.30 bits per heavy atom. The molecule has 1 saturated carbocycles. The highest BCUT2D eigenvalue weighted by molar-refractivity contribution is 8.08. The summed E-state index contributed by atoms with van der Waals surface area (Å²) in [7, 11) is 5.87. The van der Waals surface area contributed by atoms with E-state index < -0.39 is 10.0 Å². The third kappa shape index (κ3) is 1.71. The molecule has 3 atom stereocenters. The summed E-state index contributed by atoms with van der Waals surface area (Å²) in [6.45, 7) is 0. The number of ether oxygens (including phenoxy) is 1. The first kappa shape index (κ1) is 8.50. The molecule has 4 heteroatoms. The zero-order valence-electron chi connectivity index (χ0n) is 5.88. The second-order valence-corrected chi connectivity index (χ2v) is 4.51. The molecule has 0 N–H and O–H groups in total. The number of hydrogen-bond donors (Lipinski definition) is 0. The minimum absolute atomic E-state index is 0.0617. The molecule has 0 radical (unpaired) electrons. The predicted octanol–water partition coefficient (Wildman–Crippen LogP) is 1.46. The van der Waals surface area contributed by atoms with Crippen LogP contribution in [-0.2, 0) is 14.7 Å². The van der Waals surface area contributed by atoms with Gasteiger partial charge >= 0.3 is 0 Å². The van der Waals surface area contributed by atoms with Crippen LogP contribution < -0.4 is 0 Å². The molecule has 1 fully saturated rings. The molecule has 0 aromatic carbocycles. The summed E-state index contributed by atoms with van der Waals surface area (Å²) in [6.07, 6.45) is 3.15. The zero-order valence-corrected chi connectivity index (χ0v) is 7.45. The fraction of sp³-hybridized carbons (Fsp3) is 1.00. The molecule has 0 aromatic rings. The highest BCUT2D eigenvalue weighted by atomic mass is 35.7. The summed E-state index contributed by atoms with van der Waals surface area (Å²) in [6, 6.07) is 0. The van der Waals surface area contributed by atoms with Crippen molar-refractivity contribution in [1.82, 2.24) is 0 Å². The fourth-order valence-electron chi connectivity index (χ4n) is 1.37. The maximum Gasteiger partial charge on any atom is 0.120 e. The standard InChI is InChI=1S/C6H11ClO2S/c1-9-5-3-2-4-6(5)10(7)8/h5-6H,2-4H2,1H3/t5-,6-,10?/m1/s1. The van der Waals surface area contributed by atoms with Gasteiger partial charge in [0, 0.05) is 7.11 Å². The van der Waals surface area contributed by atoms with E-state index in [0.717, 1.165) is 19.3 Å². The van der Waals surface area contributed by atoms with Gasteiger partial charge in [-0.15, -0.1) is 0 Å². The molecule has 2 nitrogen and oxygen atoms in total. The Kier molecular flexibility index (Phi) is 3.14. The van der Waals surface area contributed by atoms with E-state index in [1.54, 1.807) is 7.11 Å². The molecule has 60 valence electrons. The second-order valence-electron chi connectivity index (χ2n) is 2.49. The van der Waals surface area contributed by atoms with Crippen molar-refractivity contribution in [2.24, 2.45) is 0 Å². The van der Waals surface area contributed by atoms with Gasteiger partial charge in [0.25, 0.3) is 0 Å². The van der Waals surface area contributed by atoms with Crippen LogP contribution in [0.2, 0.25) is 0 Å². The lowest BCUT2D eigenvalue weighted by atomic mass is 10.3. The van der Waals surface area contributed by atoms with Gasteiger partial charge in [0.1, 0.15) is 10.0 Å². The summed E-state index contributed by atoms with van der Waals surface area (Å²) in [5, 5.41) is 0.0617. The van der Waals surface area contributed by atoms with E-state index in [4.69, 9.17) is 15.4 Å². The molecular weight excluding hydrogens is 172 g/mol. The maximum absolute atomic E-state index is 10.8. The van der Waals surface area contributed by atoms with Gasteiger partial charge in [0.15, 0.2) is 0 Å². The van der Waals surface area contributed by atoms with Crippen molar-refractivity contribution < 1.29 is 8.95 Å². The fourth-order valence-corrected chi connectivity index (χ4v) is 2.82. The van der Waals surface area contributed by atoms with Crippen LogP contribution in [0.25, 0.3) is 0 Å². The van der Waals surface area contributed by atoms with Gasteiger partial charge in [-0.25, -0.2) is 4.21 Å². The lowest BCUT2D eigenvalue weighted by Crippen LogP contribution is -2.23. The molecule has 0 bridgehead atoms. The van der Waals surface area contributed by atoms with Gasteiger partial charge in [0.05, 0.1) is 11.4 Å². The third-order valence-corrected chi connectivity index (χ3v) is 3.63. The Bertz CT molecular complexity index is 140. The monoisotopic (exact) mass is 182 g/mol. The minimum Gasteiger partial charge on any atom is -0.380 e. The minimum atomic E-state index is -1.22. The zero-order chi connectivity index (χ0) is 7.56. The molecule has 1 aliphatic rings. The van der Waals surface area contributed by atoms with E-state index >= 15 is 0 Å². The topological polar surface area (TPSA) is 26.3 Å². The van der Waals surface area contributed by atoms with Crippen molar-refractivity contribution in [1.29, 1.82) is 0 Å². The van der Waals surface area contributed by atoms with Crippen molar-refractivity contribution in [3.63, 3.8) is 0 Å². The van der Waals surface area contributed by atoms with E-state index in [2.05, 4.69) is 0 Å². The molecule has 0 spiro atoms. The van der Waals surface area contributed by atoms with Crippen molar-refractivity contribution >= 4 is 20.7 Å². The van der Waals surface area contributed by atoms with Gasteiger partial charge in [0.2, 0.25) is 0 Å². The van der Waals surface area contributed by atoms with E-state index in [1.807, 2.05) is 0 Å². The second kappa shape index (κ2) is 3.69. The Hall–Kier alpha value is 0.400. The predicted molar refractivity (Wildman–Crippen MR) is 42.4 cm³/mol. The molecular formula is C6H11ClO2S. The summed E-state index contributed by atoms with van der Waals surface area (Å²) in [5.41, 5.74) is 0. The quantitative estimate of drug-likeness (QED) is 0.605. The van der Waals surface area contributed by atoms with E-state index in [-0.39, 0.29) is 11.4 Å². The average molecular weight is 183 g/mol. The van der Waals surface area contributed by atoms with E-state index in [1.165, 1.54) is 0 Å². The van der Waals surface area contributed by atoms with Crippen LogP contribution in [-0.4, -0.2) is 22.7 Å². The molecule has 0 aromatic heterocycles. The van der Waals surface area contributed by atoms with Crippen LogP contribution in [0.15, 0.2) is 0 Å². The average Bonchev–Trinajstić information content (AvgIpc) is 2.33. The lowest BCUT2D eigenvalue weighted by molar-refractivity contribution is 0.112. The number of hydrogen-bond acceptors (Lipinski definition) is 2. The Morgan fingerprint density at radius 1 is 1.60 bits per heavy atom. The third-order valence-electron chi connectivity index (χ3n) is 1.93. The Labute approximate surface area is 67.9 Å². The normalized spacial score (nSPS) is 36.2. The molecule has 0 amide bonds. The van der Waals surface area contributed by atoms with E-state index in [9.17, 15) is 4.21 Å². The number of halogens is 1. The summed E-state index contributed by atoms with van der Waals surface area (Å²) in [5.74, 6) is 0. The number of rotatable bonds is 2. The highest BCUT2D eigenvalue weighted by Gasteiger charge is 2.31. The molecule has 10 heavy (non-hydrogen) atoms. The SMILES string of the molecule is CO[C@@H]1CCC[C@H]1S(=O)Cl. The van der Waals surface area contributed by atoms with Gasteiger partial charge in [-0.2, -0.15) is 0 Å². The largest absolute Gasteiger partial charge is 0.380 e. The summed E-state index contributed by atoms with van der Waals surface area (Å²) in [4.78, 5) is 0. The van der Waals surface area contributed by atoms with Crippen molar-refractivity contribution in [2.45, 2.75) is 30.6 Å². The summed E-state index contributed by atoms with van der Waals surface area (Å²) >= 11 is 0. The van der Waals surface area contributed by atoms with Crippen molar-refractivity contribution in [3.8, 4) is 0 Å². The van der Waals surface area contributed by atoms with Crippen LogP contribution in [0.1, 0.15) is 19.3 Å². The molecule has 0 saturated heterocycles. The molecule has 0 aliphatic heterocycles. The first-order valence-corrected chi connectivity index (χ1v) is 5.39. The first-order chi connectivity index (χ1) is 4.75. The van der Waals surface area contributed by atoms with Crippen LogP contribution in [0.5, 0.6) is 0 Å². The Balaban J connectivity index is 2.50. The van der Waals surface area contributed by atoms with Crippen LogP contribution in [0.3, 0.4) is 0 Å². The Morgan fingerprint density at radius 3 is 2.70 bits per heavy atom. The van der Waals surface area contributed by atoms with E-state index in [0.29, 0.717) is 0 Å². The smallest absolute Gasteiger partial charge is 0.120 e. The van der Waals surface area contributed by atoms with Crippen LogP contribution in [0.4, 0.5) is 0 Å². The molecule has 0 heterocycles. The van der Waals surface area contributed by atoms with Crippen LogP contribution in [0, 0.1) is 0 Å². The van der Waals surface area contributed by atoms with Gasteiger partial charge in [-0.05, 0) is 29.9 Å². The van der Waals surface area contributed by atoms with Crippen LogP contribution >= 0.6 is 10.7 Å². The number of methoxy groups -OCH3 is 1. The van der Waals surface area contributed by atoms with Crippen molar-refractivity contribution in [2.75, 3.05) is 7.11 Å².